The maximum atomic E-state index is 12.8. The first kappa shape index (κ1) is 16.4. The zero-order valence-electron chi connectivity index (χ0n) is 11.6. The van der Waals surface area contributed by atoms with E-state index in [9.17, 15) is 9.18 Å². The van der Waals surface area contributed by atoms with Crippen LogP contribution in [0, 0.1) is 18.7 Å². The third-order valence-corrected chi connectivity index (χ3v) is 2.55. The summed E-state index contributed by atoms with van der Waals surface area (Å²) in [7, 11) is 0. The SMILES string of the molecule is C/C=C(/C)c1cc(F)ccc1C.CC(C)C(=O)O. The van der Waals surface area contributed by atoms with E-state index in [1.165, 1.54) is 6.07 Å². The average molecular weight is 252 g/mol. The number of carbonyl (C=O) groups is 1. The number of allylic oxidation sites excluding steroid dienone is 2. The van der Waals surface area contributed by atoms with Gasteiger partial charge >= 0.3 is 5.97 Å². The second kappa shape index (κ2) is 7.64. The summed E-state index contributed by atoms with van der Waals surface area (Å²) in [4.78, 5) is 9.70. The van der Waals surface area contributed by atoms with Gasteiger partial charge in [-0.1, -0.05) is 26.0 Å². The third-order valence-electron chi connectivity index (χ3n) is 2.55. The van der Waals surface area contributed by atoms with E-state index < -0.39 is 5.97 Å². The number of hydrogen-bond acceptors (Lipinski definition) is 1. The van der Waals surface area contributed by atoms with Gasteiger partial charge in [0.15, 0.2) is 0 Å². The molecule has 1 rings (SSSR count). The van der Waals surface area contributed by atoms with Crippen molar-refractivity contribution in [1.82, 2.24) is 0 Å². The maximum absolute atomic E-state index is 12.8. The number of aryl methyl sites for hydroxylation is 1. The Morgan fingerprint density at radius 2 is 1.89 bits per heavy atom. The van der Waals surface area contributed by atoms with E-state index in [2.05, 4.69) is 0 Å². The maximum Gasteiger partial charge on any atom is 0.305 e. The van der Waals surface area contributed by atoms with E-state index in [4.69, 9.17) is 5.11 Å². The Morgan fingerprint density at radius 1 is 1.39 bits per heavy atom. The van der Waals surface area contributed by atoms with Crippen molar-refractivity contribution in [2.75, 3.05) is 0 Å². The molecule has 1 aromatic rings. The number of carboxylic acid groups (broad SMARTS) is 1. The second-order valence-electron chi connectivity index (χ2n) is 4.42. The monoisotopic (exact) mass is 252 g/mol. The lowest BCUT2D eigenvalue weighted by molar-refractivity contribution is -0.140. The van der Waals surface area contributed by atoms with Gasteiger partial charge in [-0.3, -0.25) is 4.79 Å². The van der Waals surface area contributed by atoms with Crippen LogP contribution in [0.5, 0.6) is 0 Å². The summed E-state index contributed by atoms with van der Waals surface area (Å²) in [6, 6.07) is 4.87. The van der Waals surface area contributed by atoms with Crippen LogP contribution in [0.15, 0.2) is 24.3 Å². The highest BCUT2D eigenvalue weighted by atomic mass is 19.1. The molecule has 0 aromatic heterocycles. The van der Waals surface area contributed by atoms with Gasteiger partial charge < -0.3 is 5.11 Å². The predicted octanol–water partition coefficient (Wildman–Crippen LogP) is 4.28. The van der Waals surface area contributed by atoms with Crippen LogP contribution in [0.4, 0.5) is 4.39 Å². The Bertz CT molecular complexity index is 434. The van der Waals surface area contributed by atoms with Gasteiger partial charge in [0.2, 0.25) is 0 Å². The fourth-order valence-corrected chi connectivity index (χ4v) is 1.17. The topological polar surface area (TPSA) is 37.3 Å². The molecule has 0 amide bonds. The molecule has 0 spiro atoms. The van der Waals surface area contributed by atoms with Crippen LogP contribution >= 0.6 is 0 Å². The molecule has 0 fully saturated rings. The number of benzene rings is 1. The van der Waals surface area contributed by atoms with E-state index >= 15 is 0 Å². The Kier molecular flexibility index (Phi) is 6.94. The molecule has 0 unspecified atom stereocenters. The van der Waals surface area contributed by atoms with Crippen molar-refractivity contribution in [2.24, 2.45) is 5.92 Å². The fraction of sp³-hybridized carbons (Fsp3) is 0.400. The molecule has 0 saturated heterocycles. The molecule has 1 N–H and O–H groups in total. The first-order valence-corrected chi connectivity index (χ1v) is 5.91. The van der Waals surface area contributed by atoms with E-state index in [0.717, 1.165) is 16.7 Å². The number of carboxylic acids is 1. The first-order valence-electron chi connectivity index (χ1n) is 5.91. The van der Waals surface area contributed by atoms with Crippen molar-refractivity contribution in [2.45, 2.75) is 34.6 Å². The Morgan fingerprint density at radius 3 is 2.28 bits per heavy atom. The summed E-state index contributed by atoms with van der Waals surface area (Å²) >= 11 is 0. The van der Waals surface area contributed by atoms with Crippen molar-refractivity contribution in [3.63, 3.8) is 0 Å². The molecule has 0 atom stereocenters. The third kappa shape index (κ3) is 5.62. The summed E-state index contributed by atoms with van der Waals surface area (Å²) in [5.74, 6) is -1.14. The lowest BCUT2D eigenvalue weighted by Gasteiger charge is -2.04. The van der Waals surface area contributed by atoms with Crippen LogP contribution in [0.3, 0.4) is 0 Å². The molecule has 0 bridgehead atoms. The Labute approximate surface area is 108 Å². The van der Waals surface area contributed by atoms with Gasteiger partial charge in [-0.15, -0.1) is 0 Å². The standard InChI is InChI=1S/C11H13F.C4H8O2/c1-4-8(2)11-7-10(12)6-5-9(11)3;1-3(2)4(5)6/h4-7H,1-3H3;3H,1-2H3,(H,5,6)/b8-4-;. The Balaban J connectivity index is 0.000000411. The number of hydrogen-bond donors (Lipinski definition) is 1. The van der Waals surface area contributed by atoms with E-state index in [1.54, 1.807) is 26.0 Å². The number of aliphatic carboxylic acids is 1. The zero-order valence-corrected chi connectivity index (χ0v) is 11.6. The molecule has 18 heavy (non-hydrogen) atoms. The molecule has 1 aromatic carbocycles. The van der Waals surface area contributed by atoms with Crippen LogP contribution in [-0.2, 0) is 4.79 Å². The first-order chi connectivity index (χ1) is 8.29. The van der Waals surface area contributed by atoms with Gasteiger partial charge in [0.05, 0.1) is 5.92 Å². The normalized spacial score (nSPS) is 10.9. The van der Waals surface area contributed by atoms with E-state index in [0.29, 0.717) is 0 Å². The van der Waals surface area contributed by atoms with Crippen molar-refractivity contribution in [3.8, 4) is 0 Å². The van der Waals surface area contributed by atoms with E-state index in [-0.39, 0.29) is 11.7 Å². The van der Waals surface area contributed by atoms with Gasteiger partial charge in [-0.2, -0.15) is 0 Å². The fourth-order valence-electron chi connectivity index (χ4n) is 1.17. The molecule has 0 saturated carbocycles. The lowest BCUT2D eigenvalue weighted by atomic mass is 10.0. The molecule has 0 aliphatic heterocycles. The molecule has 100 valence electrons. The van der Waals surface area contributed by atoms with Gasteiger partial charge in [0.25, 0.3) is 0 Å². The van der Waals surface area contributed by atoms with Crippen LogP contribution in [0.2, 0.25) is 0 Å². The summed E-state index contributed by atoms with van der Waals surface area (Å²) in [5, 5.41) is 7.99. The molecular weight excluding hydrogens is 231 g/mol. The minimum absolute atomic E-state index is 0.170. The van der Waals surface area contributed by atoms with E-state index in [1.807, 2.05) is 26.8 Å². The van der Waals surface area contributed by atoms with Gasteiger partial charge in [0.1, 0.15) is 5.82 Å². The minimum atomic E-state index is -0.741. The lowest BCUT2D eigenvalue weighted by Crippen LogP contribution is -2.03. The van der Waals surface area contributed by atoms with Crippen LogP contribution in [0.25, 0.3) is 5.57 Å². The smallest absolute Gasteiger partial charge is 0.305 e. The molecule has 2 nitrogen and oxygen atoms in total. The van der Waals surface area contributed by atoms with Crippen LogP contribution < -0.4 is 0 Å². The Hall–Kier alpha value is -1.64. The second-order valence-corrected chi connectivity index (χ2v) is 4.42. The van der Waals surface area contributed by atoms with Gasteiger partial charge in [0, 0.05) is 0 Å². The number of rotatable bonds is 2. The van der Waals surface area contributed by atoms with Crippen molar-refractivity contribution in [3.05, 3.63) is 41.2 Å². The highest BCUT2D eigenvalue weighted by Gasteiger charge is 2.00. The summed E-state index contributed by atoms with van der Waals surface area (Å²) in [6.07, 6.45) is 1.99. The minimum Gasteiger partial charge on any atom is -0.481 e. The zero-order chi connectivity index (χ0) is 14.3. The van der Waals surface area contributed by atoms with Gasteiger partial charge in [-0.05, 0) is 49.6 Å². The summed E-state index contributed by atoms with van der Waals surface area (Å²) in [5.41, 5.74) is 3.23. The quantitative estimate of drug-likeness (QED) is 0.852. The molecule has 0 aliphatic rings. The molecule has 3 heteroatoms. The van der Waals surface area contributed by atoms with Crippen LogP contribution in [0.1, 0.15) is 38.8 Å². The largest absolute Gasteiger partial charge is 0.481 e. The van der Waals surface area contributed by atoms with Crippen molar-refractivity contribution < 1.29 is 14.3 Å². The predicted molar refractivity (Wildman–Crippen MR) is 72.9 cm³/mol. The molecule has 0 radical (unpaired) electrons. The molecule has 0 aliphatic carbocycles. The number of halogens is 1. The highest BCUT2D eigenvalue weighted by molar-refractivity contribution is 5.68. The van der Waals surface area contributed by atoms with Crippen LogP contribution in [-0.4, -0.2) is 11.1 Å². The molecular formula is C15H21FO2. The van der Waals surface area contributed by atoms with Gasteiger partial charge in [-0.25, -0.2) is 4.39 Å². The van der Waals surface area contributed by atoms with Crippen molar-refractivity contribution in [1.29, 1.82) is 0 Å². The van der Waals surface area contributed by atoms with Crippen molar-refractivity contribution >= 4 is 11.5 Å². The summed E-state index contributed by atoms with van der Waals surface area (Å²) in [6.45, 7) is 9.22. The summed E-state index contributed by atoms with van der Waals surface area (Å²) < 4.78 is 12.8. The molecule has 0 heterocycles. The highest BCUT2D eigenvalue weighted by Crippen LogP contribution is 2.18. The average Bonchev–Trinajstić information content (AvgIpc) is 2.32.